The van der Waals surface area contributed by atoms with Crippen LogP contribution in [-0.2, 0) is 15.6 Å². The summed E-state index contributed by atoms with van der Waals surface area (Å²) < 4.78 is 0. The fraction of sp³-hybridized carbons (Fsp3) is 0.111. The molecule has 0 N–H and O–H groups in total. The van der Waals surface area contributed by atoms with Crippen molar-refractivity contribution in [1.29, 1.82) is 0 Å². The van der Waals surface area contributed by atoms with Gasteiger partial charge in [-0.25, -0.2) is 0 Å². The second-order valence-electron chi connectivity index (χ2n) is 2.99. The maximum atomic E-state index is 11.6. The van der Waals surface area contributed by atoms with Crippen LogP contribution in [-0.4, -0.2) is 10.6 Å². The highest BCUT2D eigenvalue weighted by atomic mass is 32.1. The van der Waals surface area contributed by atoms with Crippen LogP contribution in [0.15, 0.2) is 24.3 Å². The van der Waals surface area contributed by atoms with Crippen molar-refractivity contribution < 1.29 is 14.6 Å². The first-order valence-electron chi connectivity index (χ1n) is 3.81. The second kappa shape index (κ2) is 2.04. The molecule has 1 aliphatic carbocycles. The molecule has 0 atom stereocenters. The number of hydrogen-bond donors (Lipinski definition) is 0. The summed E-state index contributed by atoms with van der Waals surface area (Å²) in [7, 11) is 0. The fourth-order valence-electron chi connectivity index (χ4n) is 1.57. The van der Waals surface area contributed by atoms with Crippen LogP contribution in [0.4, 0.5) is 0 Å². The summed E-state index contributed by atoms with van der Waals surface area (Å²) in [4.78, 5) is 21.4. The van der Waals surface area contributed by atoms with Crippen molar-refractivity contribution in [3.8, 4) is 0 Å². The number of fused-ring (bicyclic) bond motifs is 2. The normalized spacial score (nSPS) is 22.2. The van der Waals surface area contributed by atoms with Crippen LogP contribution < -0.4 is 0 Å². The second-order valence-corrected chi connectivity index (χ2v) is 3.40. The van der Waals surface area contributed by atoms with Crippen molar-refractivity contribution in [2.75, 3.05) is 0 Å². The molecule has 4 heteroatoms. The van der Waals surface area contributed by atoms with E-state index in [1.54, 1.807) is 18.2 Å². The molecule has 1 saturated heterocycles. The van der Waals surface area contributed by atoms with E-state index in [0.29, 0.717) is 5.56 Å². The van der Waals surface area contributed by atoms with E-state index in [9.17, 15) is 4.79 Å². The molecule has 1 aliphatic heterocycles. The first-order chi connectivity index (χ1) is 6.26. The Balaban J connectivity index is 2.34. The summed E-state index contributed by atoms with van der Waals surface area (Å²) >= 11 is 4.95. The Morgan fingerprint density at radius 1 is 1.23 bits per heavy atom. The van der Waals surface area contributed by atoms with Crippen LogP contribution in [0.2, 0.25) is 0 Å². The Morgan fingerprint density at radius 2 is 1.92 bits per heavy atom. The molecule has 0 saturated carbocycles. The van der Waals surface area contributed by atoms with Gasteiger partial charge in [-0.15, -0.1) is 0 Å². The number of rotatable bonds is 0. The summed E-state index contributed by atoms with van der Waals surface area (Å²) in [5, 5.41) is 0. The van der Waals surface area contributed by atoms with Crippen LogP contribution in [0.25, 0.3) is 0 Å². The van der Waals surface area contributed by atoms with Crippen LogP contribution >= 0.6 is 12.2 Å². The molecule has 3 rings (SSSR count). The number of thiocarbonyl (C=S) groups is 1. The van der Waals surface area contributed by atoms with Gasteiger partial charge in [0.25, 0.3) is 5.79 Å². The fourth-order valence-corrected chi connectivity index (χ4v) is 1.86. The lowest BCUT2D eigenvalue weighted by Crippen LogP contribution is -2.17. The third-order valence-electron chi connectivity index (χ3n) is 2.28. The third kappa shape index (κ3) is 0.709. The standard InChI is InChI=1S/C9H4O3S/c10-7-5-3-1-2-4-6(5)9(8(7)13)11-12-9/h1-4H. The minimum atomic E-state index is -1.01. The zero-order chi connectivity index (χ0) is 9.05. The topological polar surface area (TPSA) is 42.1 Å². The van der Waals surface area contributed by atoms with Crippen molar-refractivity contribution in [2.24, 2.45) is 0 Å². The molecule has 1 spiro atoms. The number of Topliss-reactive ketones (excluding diaryl/α,β-unsaturated/α-hetero) is 1. The van der Waals surface area contributed by atoms with E-state index in [2.05, 4.69) is 0 Å². The van der Waals surface area contributed by atoms with Gasteiger partial charge in [0.15, 0.2) is 0 Å². The zero-order valence-electron chi connectivity index (χ0n) is 6.44. The van der Waals surface area contributed by atoms with Crippen LogP contribution in [0.5, 0.6) is 0 Å². The number of carbonyl (C=O) groups is 1. The van der Waals surface area contributed by atoms with Crippen molar-refractivity contribution in [3.05, 3.63) is 35.4 Å². The van der Waals surface area contributed by atoms with Crippen molar-refractivity contribution in [1.82, 2.24) is 0 Å². The average Bonchev–Trinajstić information content (AvgIpc) is 2.93. The molecule has 13 heavy (non-hydrogen) atoms. The maximum absolute atomic E-state index is 11.6. The third-order valence-corrected chi connectivity index (χ3v) is 2.74. The number of ketones is 1. The summed E-state index contributed by atoms with van der Waals surface area (Å²) in [5.41, 5.74) is 1.31. The minimum absolute atomic E-state index is 0.164. The van der Waals surface area contributed by atoms with E-state index in [4.69, 9.17) is 22.0 Å². The van der Waals surface area contributed by atoms with E-state index in [-0.39, 0.29) is 10.6 Å². The highest BCUT2D eigenvalue weighted by Crippen LogP contribution is 2.48. The van der Waals surface area contributed by atoms with Crippen molar-refractivity contribution in [3.63, 3.8) is 0 Å². The molecule has 64 valence electrons. The predicted octanol–water partition coefficient (Wildman–Crippen LogP) is 1.37. The van der Waals surface area contributed by atoms with Gasteiger partial charge in [0, 0.05) is 11.1 Å². The van der Waals surface area contributed by atoms with Crippen LogP contribution in [0.3, 0.4) is 0 Å². The van der Waals surface area contributed by atoms with E-state index in [1.165, 1.54) is 0 Å². The summed E-state index contributed by atoms with van der Waals surface area (Å²) in [6, 6.07) is 7.14. The zero-order valence-corrected chi connectivity index (χ0v) is 7.26. The summed E-state index contributed by atoms with van der Waals surface area (Å²) in [6.45, 7) is 0. The van der Waals surface area contributed by atoms with Crippen LogP contribution in [0.1, 0.15) is 15.9 Å². The summed E-state index contributed by atoms with van der Waals surface area (Å²) in [5.74, 6) is -1.17. The Bertz CT molecular complexity index is 434. The first-order valence-corrected chi connectivity index (χ1v) is 4.22. The Labute approximate surface area is 79.2 Å². The minimum Gasteiger partial charge on any atom is -0.288 e. The molecule has 2 aliphatic rings. The van der Waals surface area contributed by atoms with E-state index >= 15 is 0 Å². The number of hydrogen-bond acceptors (Lipinski definition) is 4. The van der Waals surface area contributed by atoms with Gasteiger partial charge in [0.1, 0.15) is 4.86 Å². The Morgan fingerprint density at radius 3 is 2.62 bits per heavy atom. The molecule has 0 aromatic heterocycles. The monoisotopic (exact) mass is 192 g/mol. The summed E-state index contributed by atoms with van der Waals surface area (Å²) in [6.07, 6.45) is 0. The number of benzene rings is 1. The molecular formula is C9H4O3S. The van der Waals surface area contributed by atoms with Crippen LogP contribution in [0, 0.1) is 0 Å². The van der Waals surface area contributed by atoms with Gasteiger partial charge < -0.3 is 0 Å². The molecule has 1 aromatic rings. The molecule has 0 radical (unpaired) electrons. The SMILES string of the molecule is O=C1C(=S)C2(OO2)c2ccccc21. The van der Waals surface area contributed by atoms with Gasteiger partial charge in [-0.1, -0.05) is 36.5 Å². The number of carbonyl (C=O) groups excluding carboxylic acids is 1. The maximum Gasteiger partial charge on any atom is 0.298 e. The van der Waals surface area contributed by atoms with E-state index in [1.807, 2.05) is 6.07 Å². The van der Waals surface area contributed by atoms with Gasteiger partial charge in [-0.2, -0.15) is 9.78 Å². The molecule has 0 bridgehead atoms. The molecular weight excluding hydrogens is 188 g/mol. The lowest BCUT2D eigenvalue weighted by molar-refractivity contribution is 0.0850. The van der Waals surface area contributed by atoms with E-state index in [0.717, 1.165) is 5.56 Å². The van der Waals surface area contributed by atoms with Gasteiger partial charge in [-0.05, 0) is 0 Å². The molecule has 0 unspecified atom stereocenters. The first kappa shape index (κ1) is 7.32. The van der Waals surface area contributed by atoms with Gasteiger partial charge in [-0.3, -0.25) is 4.79 Å². The lowest BCUT2D eigenvalue weighted by Gasteiger charge is -1.95. The highest BCUT2D eigenvalue weighted by molar-refractivity contribution is 7.82. The van der Waals surface area contributed by atoms with Gasteiger partial charge in [0.2, 0.25) is 5.78 Å². The van der Waals surface area contributed by atoms with Gasteiger partial charge in [0.05, 0.1) is 0 Å². The van der Waals surface area contributed by atoms with E-state index < -0.39 is 5.79 Å². The van der Waals surface area contributed by atoms with Crippen molar-refractivity contribution >= 4 is 22.9 Å². The Kier molecular flexibility index (Phi) is 1.15. The quantitative estimate of drug-likeness (QED) is 0.353. The predicted molar refractivity (Wildman–Crippen MR) is 47.2 cm³/mol. The largest absolute Gasteiger partial charge is 0.298 e. The molecule has 1 fully saturated rings. The molecule has 0 amide bonds. The molecule has 3 nitrogen and oxygen atoms in total. The highest BCUT2D eigenvalue weighted by Gasteiger charge is 2.63. The van der Waals surface area contributed by atoms with Crippen molar-refractivity contribution in [2.45, 2.75) is 5.79 Å². The smallest absolute Gasteiger partial charge is 0.288 e. The van der Waals surface area contributed by atoms with Gasteiger partial charge >= 0.3 is 0 Å². The average molecular weight is 192 g/mol. The Hall–Kier alpha value is -1.10. The lowest BCUT2D eigenvalue weighted by atomic mass is 10.1. The molecule has 1 heterocycles. The molecule has 1 aromatic carbocycles.